The van der Waals surface area contributed by atoms with Crippen LogP contribution in [0.2, 0.25) is 0 Å². The molecule has 16 heavy (non-hydrogen) atoms. The zero-order valence-corrected chi connectivity index (χ0v) is 10.3. The van der Waals surface area contributed by atoms with Crippen molar-refractivity contribution in [3.8, 4) is 0 Å². The van der Waals surface area contributed by atoms with Crippen molar-refractivity contribution in [3.63, 3.8) is 0 Å². The van der Waals surface area contributed by atoms with Crippen molar-refractivity contribution in [2.45, 2.75) is 51.7 Å². The minimum Gasteiger partial charge on any atom is -0.382 e. The van der Waals surface area contributed by atoms with E-state index in [1.807, 2.05) is 16.9 Å². The Labute approximate surface area is 97.4 Å². The number of hydrogen-bond acceptors (Lipinski definition) is 3. The lowest BCUT2D eigenvalue weighted by atomic mass is 10.1. The summed E-state index contributed by atoms with van der Waals surface area (Å²) in [5.74, 6) is 0.613. The molecule has 1 aromatic rings. The number of nitrogens with two attached hydrogens (primary N) is 1. The van der Waals surface area contributed by atoms with Crippen molar-refractivity contribution < 1.29 is 0 Å². The van der Waals surface area contributed by atoms with E-state index in [4.69, 9.17) is 5.73 Å². The molecular weight excluding hydrogens is 200 g/mol. The maximum atomic E-state index is 5.60. The Morgan fingerprint density at radius 3 is 2.88 bits per heavy atom. The molecule has 0 spiro atoms. The van der Waals surface area contributed by atoms with Gasteiger partial charge in [0.25, 0.3) is 0 Å². The fourth-order valence-electron chi connectivity index (χ4n) is 2.69. The third kappa shape index (κ3) is 2.38. The number of anilines is 1. The van der Waals surface area contributed by atoms with Crippen LogP contribution in [0.5, 0.6) is 0 Å². The first-order chi connectivity index (χ1) is 7.70. The molecule has 0 bridgehead atoms. The van der Waals surface area contributed by atoms with Gasteiger partial charge in [0.1, 0.15) is 5.82 Å². The molecule has 2 N–H and O–H groups in total. The molecule has 2 atom stereocenters. The second kappa shape index (κ2) is 4.87. The number of hydrogen-bond donors (Lipinski definition) is 1. The lowest BCUT2D eigenvalue weighted by Crippen LogP contribution is -2.36. The second-order valence-corrected chi connectivity index (χ2v) is 4.73. The first-order valence-electron chi connectivity index (χ1n) is 6.25. The van der Waals surface area contributed by atoms with Crippen LogP contribution in [-0.2, 0) is 6.54 Å². The van der Waals surface area contributed by atoms with Crippen molar-refractivity contribution in [2.75, 3.05) is 12.3 Å². The first kappa shape index (κ1) is 11.5. The normalized spacial score (nSPS) is 26.4. The third-order valence-electron chi connectivity index (χ3n) is 3.67. The average molecular weight is 222 g/mol. The molecule has 4 nitrogen and oxygen atoms in total. The van der Waals surface area contributed by atoms with E-state index in [0.717, 1.165) is 25.2 Å². The van der Waals surface area contributed by atoms with Gasteiger partial charge in [-0.05, 0) is 32.3 Å². The Bertz CT molecular complexity index is 334. The van der Waals surface area contributed by atoms with E-state index < -0.39 is 0 Å². The quantitative estimate of drug-likeness (QED) is 0.844. The van der Waals surface area contributed by atoms with E-state index in [1.54, 1.807) is 0 Å². The maximum Gasteiger partial charge on any atom is 0.145 e. The molecule has 2 unspecified atom stereocenters. The summed E-state index contributed by atoms with van der Waals surface area (Å²) in [4.78, 5) is 2.61. The molecule has 0 aromatic carbocycles. The Balaban J connectivity index is 1.89. The molecule has 1 aliphatic heterocycles. The van der Waals surface area contributed by atoms with Crippen molar-refractivity contribution >= 4 is 5.82 Å². The van der Waals surface area contributed by atoms with Crippen molar-refractivity contribution in [1.82, 2.24) is 14.7 Å². The minimum absolute atomic E-state index is 0.613. The average Bonchev–Trinajstić information content (AvgIpc) is 2.82. The summed E-state index contributed by atoms with van der Waals surface area (Å²) < 4.78 is 1.94. The van der Waals surface area contributed by atoms with Crippen LogP contribution in [0, 0.1) is 0 Å². The van der Waals surface area contributed by atoms with Gasteiger partial charge in [-0.15, -0.1) is 0 Å². The van der Waals surface area contributed by atoms with Gasteiger partial charge in [0.15, 0.2) is 0 Å². The van der Waals surface area contributed by atoms with Crippen molar-refractivity contribution in [2.24, 2.45) is 0 Å². The number of rotatable bonds is 4. The minimum atomic E-state index is 0.613. The standard InChI is InChI=1S/C12H22N4/c1-3-11-5-4-10(2)16(11)9-8-15-7-6-12(13)14-15/h6-7,10-11H,3-5,8-9H2,1-2H3,(H2,13,14). The molecule has 1 fully saturated rings. The summed E-state index contributed by atoms with van der Waals surface area (Å²) in [5.41, 5.74) is 5.60. The number of likely N-dealkylation sites (tertiary alicyclic amines) is 1. The molecule has 2 heterocycles. The molecule has 1 aliphatic rings. The van der Waals surface area contributed by atoms with Crippen molar-refractivity contribution in [3.05, 3.63) is 12.3 Å². The topological polar surface area (TPSA) is 47.1 Å². The Kier molecular flexibility index (Phi) is 3.49. The molecule has 1 saturated heterocycles. The Morgan fingerprint density at radius 2 is 2.25 bits per heavy atom. The van der Waals surface area contributed by atoms with Crippen LogP contribution in [-0.4, -0.2) is 33.3 Å². The SMILES string of the molecule is CCC1CCC(C)N1CCn1ccc(N)n1. The van der Waals surface area contributed by atoms with E-state index in [1.165, 1.54) is 19.3 Å². The smallest absolute Gasteiger partial charge is 0.145 e. The zero-order valence-electron chi connectivity index (χ0n) is 10.3. The van der Waals surface area contributed by atoms with Gasteiger partial charge >= 0.3 is 0 Å². The lowest BCUT2D eigenvalue weighted by Gasteiger charge is -2.27. The summed E-state index contributed by atoms with van der Waals surface area (Å²) in [7, 11) is 0. The van der Waals surface area contributed by atoms with E-state index in [2.05, 4.69) is 23.8 Å². The first-order valence-corrected chi connectivity index (χ1v) is 6.25. The van der Waals surface area contributed by atoms with E-state index >= 15 is 0 Å². The maximum absolute atomic E-state index is 5.60. The third-order valence-corrected chi connectivity index (χ3v) is 3.67. The van der Waals surface area contributed by atoms with Crippen LogP contribution >= 0.6 is 0 Å². The highest BCUT2D eigenvalue weighted by atomic mass is 15.3. The highest BCUT2D eigenvalue weighted by Crippen LogP contribution is 2.25. The van der Waals surface area contributed by atoms with Gasteiger partial charge in [-0.1, -0.05) is 6.92 Å². The van der Waals surface area contributed by atoms with Crippen LogP contribution in [0.25, 0.3) is 0 Å². The molecule has 0 saturated carbocycles. The molecule has 2 rings (SSSR count). The summed E-state index contributed by atoms with van der Waals surface area (Å²) >= 11 is 0. The van der Waals surface area contributed by atoms with Crippen molar-refractivity contribution in [1.29, 1.82) is 0 Å². The van der Waals surface area contributed by atoms with Gasteiger partial charge in [0.05, 0.1) is 6.54 Å². The Hall–Kier alpha value is -1.03. The summed E-state index contributed by atoms with van der Waals surface area (Å²) in [6.45, 7) is 6.63. The van der Waals surface area contributed by atoms with Crippen LogP contribution in [0.3, 0.4) is 0 Å². The van der Waals surface area contributed by atoms with Gasteiger partial charge in [-0.2, -0.15) is 5.10 Å². The van der Waals surface area contributed by atoms with Gasteiger partial charge in [-0.3, -0.25) is 9.58 Å². The summed E-state index contributed by atoms with van der Waals surface area (Å²) in [5, 5.41) is 4.22. The largest absolute Gasteiger partial charge is 0.382 e. The molecule has 4 heteroatoms. The predicted octanol–water partition coefficient (Wildman–Crippen LogP) is 1.73. The van der Waals surface area contributed by atoms with Gasteiger partial charge in [0.2, 0.25) is 0 Å². The molecule has 0 radical (unpaired) electrons. The monoisotopic (exact) mass is 222 g/mol. The summed E-state index contributed by atoms with van der Waals surface area (Å²) in [6.07, 6.45) is 5.89. The predicted molar refractivity (Wildman–Crippen MR) is 66.1 cm³/mol. The fraction of sp³-hybridized carbons (Fsp3) is 0.750. The molecule has 1 aromatic heterocycles. The number of aromatic nitrogens is 2. The van der Waals surface area contributed by atoms with Gasteiger partial charge in [0, 0.05) is 24.8 Å². The van der Waals surface area contributed by atoms with Crippen LogP contribution in [0.4, 0.5) is 5.82 Å². The summed E-state index contributed by atoms with van der Waals surface area (Å²) in [6, 6.07) is 3.34. The highest BCUT2D eigenvalue weighted by Gasteiger charge is 2.28. The van der Waals surface area contributed by atoms with Crippen LogP contribution < -0.4 is 5.73 Å². The number of nitrogens with zero attached hydrogens (tertiary/aromatic N) is 3. The Morgan fingerprint density at radius 1 is 1.44 bits per heavy atom. The van der Waals surface area contributed by atoms with E-state index in [9.17, 15) is 0 Å². The van der Waals surface area contributed by atoms with E-state index in [-0.39, 0.29) is 0 Å². The number of nitrogen functional groups attached to an aromatic ring is 1. The van der Waals surface area contributed by atoms with Gasteiger partial charge < -0.3 is 5.73 Å². The lowest BCUT2D eigenvalue weighted by molar-refractivity contribution is 0.188. The fourth-order valence-corrected chi connectivity index (χ4v) is 2.69. The van der Waals surface area contributed by atoms with Gasteiger partial charge in [-0.25, -0.2) is 0 Å². The van der Waals surface area contributed by atoms with Crippen LogP contribution in [0.15, 0.2) is 12.3 Å². The second-order valence-electron chi connectivity index (χ2n) is 4.73. The molecule has 90 valence electrons. The highest BCUT2D eigenvalue weighted by molar-refractivity contribution is 5.23. The van der Waals surface area contributed by atoms with Crippen LogP contribution in [0.1, 0.15) is 33.1 Å². The van der Waals surface area contributed by atoms with E-state index in [0.29, 0.717) is 5.82 Å². The zero-order chi connectivity index (χ0) is 11.5. The molecular formula is C12H22N4. The molecule has 0 amide bonds. The molecule has 0 aliphatic carbocycles.